The Labute approximate surface area is 143 Å². The molecular weight excluding hydrogens is 339 g/mol. The van der Waals surface area contributed by atoms with Crippen LogP contribution in [0.5, 0.6) is 0 Å². The molecule has 0 aliphatic rings. The first-order valence-corrected chi connectivity index (χ1v) is 8.14. The maximum absolute atomic E-state index is 11.4. The normalized spacial score (nSPS) is 10.1. The molecule has 2 rings (SSSR count). The largest absolute Gasteiger partial charge is 0.477 e. The van der Waals surface area contributed by atoms with Crippen molar-refractivity contribution in [1.29, 1.82) is 0 Å². The van der Waals surface area contributed by atoms with Crippen LogP contribution in [0.25, 0.3) is 0 Å². The van der Waals surface area contributed by atoms with Gasteiger partial charge in [-0.15, -0.1) is 11.3 Å². The minimum atomic E-state index is -0.929. The van der Waals surface area contributed by atoms with Crippen molar-refractivity contribution < 1.29 is 9.90 Å². The van der Waals surface area contributed by atoms with E-state index < -0.39 is 5.97 Å². The van der Waals surface area contributed by atoms with Gasteiger partial charge in [-0.05, 0) is 36.2 Å². The lowest BCUT2D eigenvalue weighted by molar-refractivity contribution is 0.0701. The summed E-state index contributed by atoms with van der Waals surface area (Å²) in [5.74, 6) is -0.929. The molecule has 114 valence electrons. The lowest BCUT2D eigenvalue weighted by Gasteiger charge is -2.04. The molecule has 0 aliphatic carbocycles. The first kappa shape index (κ1) is 16.8. The van der Waals surface area contributed by atoms with Crippen LogP contribution in [0.1, 0.15) is 25.7 Å². The molecule has 22 heavy (non-hydrogen) atoms. The smallest absolute Gasteiger partial charge is 0.346 e. The summed E-state index contributed by atoms with van der Waals surface area (Å²) in [5, 5.41) is 10.5. The van der Waals surface area contributed by atoms with E-state index in [1.165, 1.54) is 11.3 Å². The maximum Gasteiger partial charge on any atom is 0.346 e. The SMILES string of the molecule is Cc1cccccc(Cc2ccc(Cl)cc2Cl)sc1C(=O)O. The molecular formula is C17H14Cl2O2S. The van der Waals surface area contributed by atoms with Gasteiger partial charge in [-0.2, -0.15) is 0 Å². The number of rotatable bonds is 3. The van der Waals surface area contributed by atoms with E-state index in [9.17, 15) is 9.90 Å². The standard InChI is InChI=1S/C17H14Cl2O2S/c1-11-5-3-2-4-6-14(22-16(11)17(20)21)9-12-7-8-13(18)10-15(12)19/h2-8,10H,9H2,1H3,(H,20,21). The molecule has 0 radical (unpaired) electrons. The predicted molar refractivity (Wildman–Crippen MR) is 92.9 cm³/mol. The van der Waals surface area contributed by atoms with Crippen molar-refractivity contribution >= 4 is 40.5 Å². The van der Waals surface area contributed by atoms with Gasteiger partial charge in [-0.1, -0.05) is 53.5 Å². The Morgan fingerprint density at radius 3 is 2.55 bits per heavy atom. The Morgan fingerprint density at radius 1 is 1.14 bits per heavy atom. The van der Waals surface area contributed by atoms with Crippen molar-refractivity contribution in [2.45, 2.75) is 13.3 Å². The average molecular weight is 353 g/mol. The molecule has 0 saturated heterocycles. The summed E-state index contributed by atoms with van der Waals surface area (Å²) in [4.78, 5) is 12.7. The Bertz CT molecular complexity index is 752. The summed E-state index contributed by atoms with van der Waals surface area (Å²) in [5.41, 5.74) is 1.63. The third-order valence-electron chi connectivity index (χ3n) is 3.02. The molecule has 1 N–H and O–H groups in total. The number of carboxylic acid groups (broad SMARTS) is 1. The molecule has 2 aromatic rings. The van der Waals surface area contributed by atoms with E-state index in [0.29, 0.717) is 21.3 Å². The fourth-order valence-corrected chi connectivity index (χ4v) is 3.34. The van der Waals surface area contributed by atoms with Crippen LogP contribution in [0.2, 0.25) is 10.0 Å². The van der Waals surface area contributed by atoms with E-state index in [-0.39, 0.29) is 0 Å². The van der Waals surface area contributed by atoms with Gasteiger partial charge < -0.3 is 5.11 Å². The van der Waals surface area contributed by atoms with Gasteiger partial charge in [-0.3, -0.25) is 0 Å². The molecule has 0 unspecified atom stereocenters. The Morgan fingerprint density at radius 2 is 1.86 bits per heavy atom. The van der Waals surface area contributed by atoms with Crippen LogP contribution in [0.15, 0.2) is 48.5 Å². The van der Waals surface area contributed by atoms with Crippen molar-refractivity contribution in [1.82, 2.24) is 0 Å². The highest BCUT2D eigenvalue weighted by atomic mass is 35.5. The number of hydrogen-bond acceptors (Lipinski definition) is 2. The fourth-order valence-electron chi connectivity index (χ4n) is 1.91. The minimum Gasteiger partial charge on any atom is -0.477 e. The summed E-state index contributed by atoms with van der Waals surface area (Å²) in [6, 6.07) is 14.6. The van der Waals surface area contributed by atoms with Gasteiger partial charge in [0.2, 0.25) is 0 Å². The monoisotopic (exact) mass is 352 g/mol. The third kappa shape index (κ3) is 4.47. The van der Waals surface area contributed by atoms with Crippen molar-refractivity contribution in [3.63, 3.8) is 0 Å². The number of aromatic carboxylic acids is 1. The van der Waals surface area contributed by atoms with Gasteiger partial charge in [0.15, 0.2) is 0 Å². The molecule has 1 aromatic carbocycles. The summed E-state index contributed by atoms with van der Waals surface area (Å²) < 4.78 is 0. The highest BCUT2D eigenvalue weighted by Gasteiger charge is 2.08. The van der Waals surface area contributed by atoms with Gasteiger partial charge in [0.25, 0.3) is 0 Å². The van der Waals surface area contributed by atoms with Crippen LogP contribution in [0, 0.1) is 6.92 Å². The van der Waals surface area contributed by atoms with Crippen LogP contribution in [-0.4, -0.2) is 11.1 Å². The number of aryl methyl sites for hydroxylation is 1. The number of benzene rings is 1. The van der Waals surface area contributed by atoms with Crippen molar-refractivity contribution in [2.24, 2.45) is 0 Å². The lowest BCUT2D eigenvalue weighted by Crippen LogP contribution is -1.96. The van der Waals surface area contributed by atoms with Crippen LogP contribution < -0.4 is 0 Å². The second-order valence-electron chi connectivity index (χ2n) is 4.71. The maximum atomic E-state index is 11.4. The Balaban J connectivity index is 2.53. The first-order valence-electron chi connectivity index (χ1n) is 6.57. The van der Waals surface area contributed by atoms with Crippen LogP contribution >= 0.6 is 34.5 Å². The van der Waals surface area contributed by atoms with Gasteiger partial charge in [0.1, 0.15) is 4.88 Å². The molecule has 0 amide bonds. The molecule has 0 spiro atoms. The van der Waals surface area contributed by atoms with Crippen LogP contribution in [0.4, 0.5) is 0 Å². The molecule has 1 aromatic heterocycles. The summed E-state index contributed by atoms with van der Waals surface area (Å²) in [7, 11) is 0. The van der Waals surface area contributed by atoms with Gasteiger partial charge >= 0.3 is 5.97 Å². The molecule has 0 bridgehead atoms. The molecule has 2 nitrogen and oxygen atoms in total. The van der Waals surface area contributed by atoms with E-state index in [1.807, 2.05) is 30.3 Å². The topological polar surface area (TPSA) is 37.3 Å². The minimum absolute atomic E-state index is 0.316. The number of halogens is 2. The molecule has 0 atom stereocenters. The van der Waals surface area contributed by atoms with Gasteiger partial charge in [0.05, 0.1) is 0 Å². The summed E-state index contributed by atoms with van der Waals surface area (Å²) >= 11 is 13.4. The fraction of sp³-hybridized carbons (Fsp3) is 0.118. The van der Waals surface area contributed by atoms with Crippen LogP contribution in [-0.2, 0) is 6.42 Å². The number of hydrogen-bond donors (Lipinski definition) is 1. The zero-order valence-corrected chi connectivity index (χ0v) is 14.2. The second kappa shape index (κ2) is 7.63. The lowest BCUT2D eigenvalue weighted by atomic mass is 10.1. The number of carboxylic acids is 1. The average Bonchev–Trinajstić information content (AvgIpc) is 2.53. The molecule has 5 heteroatoms. The van der Waals surface area contributed by atoms with Crippen molar-refractivity contribution in [2.75, 3.05) is 0 Å². The summed E-state index contributed by atoms with van der Waals surface area (Å²) in [6.45, 7) is 1.79. The van der Waals surface area contributed by atoms with Gasteiger partial charge in [-0.25, -0.2) is 4.79 Å². The Hall–Kier alpha value is -1.55. The van der Waals surface area contributed by atoms with Crippen molar-refractivity contribution in [3.05, 3.63) is 79.5 Å². The first-order chi connectivity index (χ1) is 10.5. The second-order valence-corrected chi connectivity index (χ2v) is 6.69. The van der Waals surface area contributed by atoms with E-state index in [2.05, 4.69) is 0 Å². The van der Waals surface area contributed by atoms with E-state index in [0.717, 1.165) is 16.0 Å². The van der Waals surface area contributed by atoms with E-state index in [1.54, 1.807) is 25.1 Å². The highest BCUT2D eigenvalue weighted by Crippen LogP contribution is 2.25. The molecule has 0 fully saturated rings. The molecule has 1 heterocycles. The predicted octanol–water partition coefficient (Wildman–Crippen LogP) is 5.78. The van der Waals surface area contributed by atoms with E-state index in [4.69, 9.17) is 23.2 Å². The Kier molecular flexibility index (Phi) is 5.83. The third-order valence-corrected chi connectivity index (χ3v) is 4.85. The number of carbonyl (C=O) groups is 1. The van der Waals surface area contributed by atoms with Crippen molar-refractivity contribution in [3.8, 4) is 0 Å². The van der Waals surface area contributed by atoms with Crippen LogP contribution in [0.3, 0.4) is 0 Å². The molecule has 0 saturated carbocycles. The summed E-state index contributed by atoms with van der Waals surface area (Å²) in [6.07, 6.45) is 0.551. The molecule has 0 aliphatic heterocycles. The van der Waals surface area contributed by atoms with Gasteiger partial charge in [0, 0.05) is 21.3 Å². The quantitative estimate of drug-likeness (QED) is 0.760. The zero-order valence-electron chi connectivity index (χ0n) is 11.8. The van der Waals surface area contributed by atoms with E-state index >= 15 is 0 Å². The zero-order chi connectivity index (χ0) is 16.1. The highest BCUT2D eigenvalue weighted by molar-refractivity contribution is 7.13.